The van der Waals surface area contributed by atoms with Gasteiger partial charge in [-0.05, 0) is 30.3 Å². The summed E-state index contributed by atoms with van der Waals surface area (Å²) in [6.45, 7) is 0. The molecule has 21 heavy (non-hydrogen) atoms. The average molecular weight is 295 g/mol. The van der Waals surface area contributed by atoms with Gasteiger partial charge < -0.3 is 10.1 Å². The first kappa shape index (κ1) is 14.9. The Morgan fingerprint density at radius 3 is 2.38 bits per heavy atom. The van der Waals surface area contributed by atoms with Crippen molar-refractivity contribution in [3.63, 3.8) is 0 Å². The van der Waals surface area contributed by atoms with Crippen molar-refractivity contribution in [3.05, 3.63) is 65.5 Å². The standard InChI is InChI=1S/C15H12F3NO2/c1-21-15(20)14(11-3-2-4-12(17)13(11)18)19-10-7-5-9(16)6-8-10/h2-8,14,19H,1H3. The molecule has 2 aromatic carbocycles. The number of rotatable bonds is 4. The molecule has 2 rings (SSSR count). The molecule has 0 saturated carbocycles. The molecule has 0 saturated heterocycles. The Bertz CT molecular complexity index is 644. The molecule has 1 atom stereocenters. The highest BCUT2D eigenvalue weighted by Crippen LogP contribution is 2.24. The lowest BCUT2D eigenvalue weighted by atomic mass is 10.1. The van der Waals surface area contributed by atoms with E-state index in [-0.39, 0.29) is 5.56 Å². The molecule has 0 spiro atoms. The van der Waals surface area contributed by atoms with Gasteiger partial charge in [0.25, 0.3) is 0 Å². The van der Waals surface area contributed by atoms with E-state index in [1.54, 1.807) is 0 Å². The van der Waals surface area contributed by atoms with Crippen molar-refractivity contribution in [1.29, 1.82) is 0 Å². The number of esters is 1. The van der Waals surface area contributed by atoms with Gasteiger partial charge in [0.2, 0.25) is 0 Å². The van der Waals surface area contributed by atoms with E-state index >= 15 is 0 Å². The normalized spacial score (nSPS) is 11.8. The number of anilines is 1. The summed E-state index contributed by atoms with van der Waals surface area (Å²) in [6, 6.07) is 7.39. The number of ether oxygens (including phenoxy) is 1. The van der Waals surface area contributed by atoms with Crippen LogP contribution < -0.4 is 5.32 Å². The van der Waals surface area contributed by atoms with Gasteiger partial charge in [-0.1, -0.05) is 12.1 Å². The Labute approximate surface area is 119 Å². The zero-order valence-corrected chi connectivity index (χ0v) is 11.1. The van der Waals surface area contributed by atoms with Gasteiger partial charge in [0.1, 0.15) is 5.82 Å². The second kappa shape index (κ2) is 6.30. The Morgan fingerprint density at radius 1 is 1.10 bits per heavy atom. The summed E-state index contributed by atoms with van der Waals surface area (Å²) in [5.41, 5.74) is 0.182. The van der Waals surface area contributed by atoms with Crippen molar-refractivity contribution in [2.45, 2.75) is 6.04 Å². The van der Waals surface area contributed by atoms with E-state index in [4.69, 9.17) is 0 Å². The van der Waals surface area contributed by atoms with Gasteiger partial charge in [0.05, 0.1) is 7.11 Å². The predicted octanol–water partition coefficient (Wildman–Crippen LogP) is 3.43. The zero-order chi connectivity index (χ0) is 15.4. The molecule has 0 aliphatic carbocycles. The van der Waals surface area contributed by atoms with Crippen LogP contribution in [0.25, 0.3) is 0 Å². The summed E-state index contributed by atoms with van der Waals surface area (Å²) < 4.78 is 44.6. The van der Waals surface area contributed by atoms with E-state index in [0.717, 1.165) is 13.2 Å². The molecule has 0 aromatic heterocycles. The minimum absolute atomic E-state index is 0.189. The van der Waals surface area contributed by atoms with Gasteiger partial charge >= 0.3 is 5.97 Å². The molecular formula is C15H12F3NO2. The quantitative estimate of drug-likeness (QED) is 0.878. The Balaban J connectivity index is 2.37. The van der Waals surface area contributed by atoms with E-state index in [2.05, 4.69) is 10.1 Å². The molecule has 2 aromatic rings. The summed E-state index contributed by atoms with van der Waals surface area (Å²) in [6.07, 6.45) is 0. The lowest BCUT2D eigenvalue weighted by molar-refractivity contribution is -0.141. The van der Waals surface area contributed by atoms with Crippen LogP contribution in [0.2, 0.25) is 0 Å². The Kier molecular flexibility index (Phi) is 4.47. The second-order valence-corrected chi connectivity index (χ2v) is 4.25. The van der Waals surface area contributed by atoms with Crippen molar-refractivity contribution in [1.82, 2.24) is 0 Å². The van der Waals surface area contributed by atoms with E-state index in [1.165, 1.54) is 36.4 Å². The molecule has 0 fully saturated rings. The van der Waals surface area contributed by atoms with E-state index in [9.17, 15) is 18.0 Å². The van der Waals surface area contributed by atoms with Gasteiger partial charge in [0.15, 0.2) is 17.7 Å². The van der Waals surface area contributed by atoms with Crippen molar-refractivity contribution in [3.8, 4) is 0 Å². The fourth-order valence-corrected chi connectivity index (χ4v) is 1.84. The SMILES string of the molecule is COC(=O)C(Nc1ccc(F)cc1)c1cccc(F)c1F. The number of methoxy groups -OCH3 is 1. The van der Waals surface area contributed by atoms with Crippen LogP contribution in [0.5, 0.6) is 0 Å². The Hall–Kier alpha value is -2.50. The van der Waals surface area contributed by atoms with Gasteiger partial charge in [-0.3, -0.25) is 0 Å². The maximum atomic E-state index is 13.8. The van der Waals surface area contributed by atoms with E-state index < -0.39 is 29.5 Å². The first-order valence-electron chi connectivity index (χ1n) is 6.06. The number of halogens is 3. The van der Waals surface area contributed by atoms with E-state index in [1.807, 2.05) is 0 Å². The number of nitrogens with one attached hydrogen (secondary N) is 1. The summed E-state index contributed by atoms with van der Waals surface area (Å²) in [5.74, 6) is -3.44. The highest BCUT2D eigenvalue weighted by molar-refractivity contribution is 5.81. The third-order valence-corrected chi connectivity index (χ3v) is 2.88. The van der Waals surface area contributed by atoms with Crippen molar-refractivity contribution in [2.75, 3.05) is 12.4 Å². The molecule has 0 bridgehead atoms. The van der Waals surface area contributed by atoms with Crippen LogP contribution in [-0.4, -0.2) is 13.1 Å². The first-order valence-corrected chi connectivity index (χ1v) is 6.06. The topological polar surface area (TPSA) is 38.3 Å². The maximum absolute atomic E-state index is 13.8. The number of hydrogen-bond acceptors (Lipinski definition) is 3. The number of benzene rings is 2. The van der Waals surface area contributed by atoms with Crippen LogP contribution in [0.15, 0.2) is 42.5 Å². The molecular weight excluding hydrogens is 283 g/mol. The van der Waals surface area contributed by atoms with Crippen molar-refractivity contribution < 1.29 is 22.7 Å². The first-order chi connectivity index (χ1) is 10.0. The molecule has 1 N–H and O–H groups in total. The molecule has 1 unspecified atom stereocenters. The Morgan fingerprint density at radius 2 is 1.76 bits per heavy atom. The molecule has 0 aliphatic rings. The van der Waals surface area contributed by atoms with Gasteiger partial charge in [-0.25, -0.2) is 18.0 Å². The molecule has 0 radical (unpaired) electrons. The van der Waals surface area contributed by atoms with Gasteiger partial charge in [-0.2, -0.15) is 0 Å². The lowest BCUT2D eigenvalue weighted by Crippen LogP contribution is -2.23. The molecule has 0 aliphatic heterocycles. The monoisotopic (exact) mass is 295 g/mol. The molecule has 0 amide bonds. The minimum atomic E-state index is -1.24. The third kappa shape index (κ3) is 3.34. The zero-order valence-electron chi connectivity index (χ0n) is 11.1. The fraction of sp³-hybridized carbons (Fsp3) is 0.133. The lowest BCUT2D eigenvalue weighted by Gasteiger charge is -2.18. The number of carbonyl (C=O) groups excluding carboxylic acids is 1. The van der Waals surface area contributed by atoms with Gasteiger partial charge in [0, 0.05) is 11.3 Å². The van der Waals surface area contributed by atoms with Crippen LogP contribution in [0, 0.1) is 17.5 Å². The van der Waals surface area contributed by atoms with E-state index in [0.29, 0.717) is 5.69 Å². The maximum Gasteiger partial charge on any atom is 0.333 e. The largest absolute Gasteiger partial charge is 0.467 e. The number of hydrogen-bond donors (Lipinski definition) is 1. The second-order valence-electron chi connectivity index (χ2n) is 4.25. The summed E-state index contributed by atoms with van der Waals surface area (Å²) >= 11 is 0. The summed E-state index contributed by atoms with van der Waals surface area (Å²) in [7, 11) is 1.14. The van der Waals surface area contributed by atoms with Crippen LogP contribution in [0.4, 0.5) is 18.9 Å². The molecule has 110 valence electrons. The van der Waals surface area contributed by atoms with Gasteiger partial charge in [-0.15, -0.1) is 0 Å². The average Bonchev–Trinajstić information content (AvgIpc) is 2.49. The summed E-state index contributed by atoms with van der Waals surface area (Å²) in [5, 5.41) is 2.69. The van der Waals surface area contributed by atoms with Crippen molar-refractivity contribution >= 4 is 11.7 Å². The van der Waals surface area contributed by atoms with Crippen molar-refractivity contribution in [2.24, 2.45) is 0 Å². The number of carbonyl (C=O) groups is 1. The van der Waals surface area contributed by atoms with Crippen LogP contribution in [0.3, 0.4) is 0 Å². The van der Waals surface area contributed by atoms with Crippen LogP contribution in [0.1, 0.15) is 11.6 Å². The molecule has 0 heterocycles. The van der Waals surface area contributed by atoms with Crippen LogP contribution in [-0.2, 0) is 9.53 Å². The molecule has 6 heteroatoms. The smallest absolute Gasteiger partial charge is 0.333 e. The highest BCUT2D eigenvalue weighted by atomic mass is 19.2. The van der Waals surface area contributed by atoms with Crippen LogP contribution >= 0.6 is 0 Å². The highest BCUT2D eigenvalue weighted by Gasteiger charge is 2.26. The fourth-order valence-electron chi connectivity index (χ4n) is 1.84. The minimum Gasteiger partial charge on any atom is -0.467 e. The predicted molar refractivity (Wildman–Crippen MR) is 71.1 cm³/mol. The molecule has 3 nitrogen and oxygen atoms in total. The third-order valence-electron chi connectivity index (χ3n) is 2.88. The summed E-state index contributed by atoms with van der Waals surface area (Å²) in [4.78, 5) is 11.8.